The third-order valence-electron chi connectivity index (χ3n) is 5.48. The maximum Gasteiger partial charge on any atom is 0.296 e. The number of hydrogen-bond donors (Lipinski definition) is 0. The van der Waals surface area contributed by atoms with Crippen LogP contribution in [0.2, 0.25) is 0 Å². The lowest BCUT2D eigenvalue weighted by Gasteiger charge is -2.11. The topological polar surface area (TPSA) is 82.8 Å². The Morgan fingerprint density at radius 3 is 2.60 bits per heavy atom. The number of thiazole rings is 1. The van der Waals surface area contributed by atoms with Crippen molar-refractivity contribution in [1.29, 1.82) is 0 Å². The summed E-state index contributed by atoms with van der Waals surface area (Å²) in [6.07, 6.45) is 6.32. The third-order valence-corrected chi connectivity index (χ3v) is 6.44. The van der Waals surface area contributed by atoms with Gasteiger partial charge in [0.2, 0.25) is 4.96 Å². The molecular weight excluding hydrogens is 469 g/mol. The SMILES string of the molecule is CCCCCCOc1ccc(/C=c2/sc3nc(=O)c(Cc4ccc(F)cc4)nn3c2=O)cc1OC. The van der Waals surface area contributed by atoms with E-state index in [0.717, 1.165) is 34.3 Å². The number of rotatable bonds is 10. The number of hydrogen-bond acceptors (Lipinski definition) is 7. The first-order valence-electron chi connectivity index (χ1n) is 11.5. The molecule has 0 unspecified atom stereocenters. The van der Waals surface area contributed by atoms with E-state index in [9.17, 15) is 14.0 Å². The summed E-state index contributed by atoms with van der Waals surface area (Å²) in [5, 5.41) is 4.24. The highest BCUT2D eigenvalue weighted by atomic mass is 32.1. The Balaban J connectivity index is 1.60. The number of halogens is 1. The molecule has 182 valence electrons. The zero-order chi connectivity index (χ0) is 24.8. The third kappa shape index (κ3) is 5.92. The van der Waals surface area contributed by atoms with Crippen molar-refractivity contribution in [3.63, 3.8) is 0 Å². The van der Waals surface area contributed by atoms with Gasteiger partial charge >= 0.3 is 0 Å². The number of aromatic nitrogens is 3. The fourth-order valence-corrected chi connectivity index (χ4v) is 4.51. The van der Waals surface area contributed by atoms with Gasteiger partial charge in [-0.3, -0.25) is 9.59 Å². The second-order valence-corrected chi connectivity index (χ2v) is 9.11. The lowest BCUT2D eigenvalue weighted by Crippen LogP contribution is -2.28. The quantitative estimate of drug-likeness (QED) is 0.312. The molecule has 9 heteroatoms. The second-order valence-electron chi connectivity index (χ2n) is 8.10. The van der Waals surface area contributed by atoms with Gasteiger partial charge in [-0.25, -0.2) is 4.39 Å². The summed E-state index contributed by atoms with van der Waals surface area (Å²) < 4.78 is 26.0. The normalized spacial score (nSPS) is 11.8. The van der Waals surface area contributed by atoms with Crippen LogP contribution in [0.1, 0.15) is 49.4 Å². The summed E-state index contributed by atoms with van der Waals surface area (Å²) >= 11 is 1.09. The fraction of sp³-hybridized carbons (Fsp3) is 0.308. The van der Waals surface area contributed by atoms with Crippen LogP contribution in [0, 0.1) is 5.82 Å². The molecule has 0 spiro atoms. The number of methoxy groups -OCH3 is 1. The van der Waals surface area contributed by atoms with Gasteiger partial charge in [-0.2, -0.15) is 14.6 Å². The van der Waals surface area contributed by atoms with Crippen LogP contribution in [0.15, 0.2) is 52.1 Å². The molecule has 0 bridgehead atoms. The molecule has 2 aromatic carbocycles. The highest BCUT2D eigenvalue weighted by Crippen LogP contribution is 2.28. The summed E-state index contributed by atoms with van der Waals surface area (Å²) in [6.45, 7) is 2.78. The maximum absolute atomic E-state index is 13.2. The summed E-state index contributed by atoms with van der Waals surface area (Å²) in [5.41, 5.74) is 0.695. The van der Waals surface area contributed by atoms with Gasteiger partial charge in [-0.15, -0.1) is 0 Å². The standard InChI is InChI=1S/C26H26FN3O4S/c1-3-4-5-6-13-34-21-12-9-18(15-22(21)33-2)16-23-25(32)30-26(35-23)28-24(31)20(29-30)14-17-7-10-19(27)11-8-17/h7-12,15-16H,3-6,13-14H2,1-2H3/b23-16+. The Hall–Kier alpha value is -3.59. The fourth-order valence-electron chi connectivity index (χ4n) is 3.60. The Morgan fingerprint density at radius 2 is 1.86 bits per heavy atom. The van der Waals surface area contributed by atoms with E-state index < -0.39 is 5.56 Å². The summed E-state index contributed by atoms with van der Waals surface area (Å²) in [7, 11) is 1.57. The van der Waals surface area contributed by atoms with Crippen molar-refractivity contribution in [2.24, 2.45) is 0 Å². The van der Waals surface area contributed by atoms with Crippen molar-refractivity contribution >= 4 is 22.4 Å². The largest absolute Gasteiger partial charge is 0.493 e. The first-order valence-corrected chi connectivity index (χ1v) is 12.3. The number of unbranched alkanes of at least 4 members (excludes halogenated alkanes) is 3. The average Bonchev–Trinajstić information content (AvgIpc) is 3.15. The summed E-state index contributed by atoms with van der Waals surface area (Å²) in [4.78, 5) is 29.7. The molecule has 35 heavy (non-hydrogen) atoms. The van der Waals surface area contributed by atoms with E-state index in [1.165, 1.54) is 25.0 Å². The van der Waals surface area contributed by atoms with Crippen LogP contribution >= 0.6 is 11.3 Å². The van der Waals surface area contributed by atoms with Crippen molar-refractivity contribution < 1.29 is 13.9 Å². The molecule has 2 heterocycles. The maximum atomic E-state index is 13.2. The van der Waals surface area contributed by atoms with Crippen LogP contribution in [0.5, 0.6) is 11.5 Å². The van der Waals surface area contributed by atoms with Gasteiger partial charge in [0.05, 0.1) is 18.2 Å². The lowest BCUT2D eigenvalue weighted by molar-refractivity contribution is 0.285. The molecule has 2 aromatic heterocycles. The van der Waals surface area contributed by atoms with E-state index in [1.54, 1.807) is 31.4 Å². The monoisotopic (exact) mass is 495 g/mol. The zero-order valence-corrected chi connectivity index (χ0v) is 20.4. The van der Waals surface area contributed by atoms with Gasteiger partial charge in [-0.05, 0) is 47.9 Å². The number of ether oxygens (including phenoxy) is 2. The second kappa shape index (κ2) is 11.2. The zero-order valence-electron chi connectivity index (χ0n) is 19.6. The Labute approximate surface area is 205 Å². The highest BCUT2D eigenvalue weighted by Gasteiger charge is 2.12. The van der Waals surface area contributed by atoms with Gasteiger partial charge in [0.1, 0.15) is 11.5 Å². The van der Waals surface area contributed by atoms with Crippen LogP contribution in [0.4, 0.5) is 4.39 Å². The molecule has 0 N–H and O–H groups in total. The summed E-state index contributed by atoms with van der Waals surface area (Å²) in [6, 6.07) is 11.2. The van der Waals surface area contributed by atoms with Gasteiger partial charge in [0.15, 0.2) is 11.5 Å². The van der Waals surface area contributed by atoms with Crippen LogP contribution < -0.4 is 25.1 Å². The molecule has 4 rings (SSSR count). The van der Waals surface area contributed by atoms with E-state index >= 15 is 0 Å². The molecule has 0 saturated carbocycles. The van der Waals surface area contributed by atoms with Gasteiger partial charge < -0.3 is 9.47 Å². The van der Waals surface area contributed by atoms with Crippen molar-refractivity contribution in [2.75, 3.05) is 13.7 Å². The van der Waals surface area contributed by atoms with E-state index in [2.05, 4.69) is 17.0 Å². The highest BCUT2D eigenvalue weighted by molar-refractivity contribution is 7.15. The predicted octanol–water partition coefficient (Wildman–Crippen LogP) is 3.76. The smallest absolute Gasteiger partial charge is 0.296 e. The molecule has 0 saturated heterocycles. The molecule has 0 amide bonds. The van der Waals surface area contributed by atoms with Crippen molar-refractivity contribution in [3.8, 4) is 11.5 Å². The van der Waals surface area contributed by atoms with Crippen LogP contribution in [-0.2, 0) is 6.42 Å². The number of nitrogens with zero attached hydrogens (tertiary/aromatic N) is 3. The van der Waals surface area contributed by atoms with Gasteiger partial charge in [-0.1, -0.05) is 55.7 Å². The van der Waals surface area contributed by atoms with Crippen LogP contribution in [0.3, 0.4) is 0 Å². The van der Waals surface area contributed by atoms with Crippen molar-refractivity contribution in [2.45, 2.75) is 39.0 Å². The molecule has 0 aliphatic heterocycles. The predicted molar refractivity (Wildman–Crippen MR) is 134 cm³/mol. The van der Waals surface area contributed by atoms with E-state index in [1.807, 2.05) is 12.1 Å². The molecule has 7 nitrogen and oxygen atoms in total. The molecular formula is C26H26FN3O4S. The number of fused-ring (bicyclic) bond motifs is 1. The van der Waals surface area contributed by atoms with E-state index in [4.69, 9.17) is 9.47 Å². The van der Waals surface area contributed by atoms with Crippen molar-refractivity contribution in [1.82, 2.24) is 14.6 Å². The minimum Gasteiger partial charge on any atom is -0.493 e. The number of benzene rings is 2. The van der Waals surface area contributed by atoms with Gasteiger partial charge in [0.25, 0.3) is 11.1 Å². The molecule has 0 radical (unpaired) electrons. The molecule has 0 aliphatic carbocycles. The minimum absolute atomic E-state index is 0.123. The molecule has 0 atom stereocenters. The molecule has 0 fully saturated rings. The van der Waals surface area contributed by atoms with Crippen LogP contribution in [-0.4, -0.2) is 28.3 Å². The Kier molecular flexibility index (Phi) is 7.87. The Bertz CT molecular complexity index is 1480. The first kappa shape index (κ1) is 24.5. The van der Waals surface area contributed by atoms with Crippen LogP contribution in [0.25, 0.3) is 11.0 Å². The van der Waals surface area contributed by atoms with E-state index in [-0.39, 0.29) is 28.5 Å². The molecule has 4 aromatic rings. The van der Waals surface area contributed by atoms with E-state index in [0.29, 0.717) is 28.2 Å². The summed E-state index contributed by atoms with van der Waals surface area (Å²) in [5.74, 6) is 0.865. The minimum atomic E-state index is -0.510. The lowest BCUT2D eigenvalue weighted by atomic mass is 10.1. The Morgan fingerprint density at radius 1 is 1.06 bits per heavy atom. The van der Waals surface area contributed by atoms with Gasteiger partial charge in [0, 0.05) is 6.42 Å². The average molecular weight is 496 g/mol. The molecule has 0 aliphatic rings. The first-order chi connectivity index (χ1) is 17.0. The van der Waals surface area contributed by atoms with Crippen molar-refractivity contribution in [3.05, 3.63) is 90.3 Å².